The van der Waals surface area contributed by atoms with Crippen LogP contribution in [0.5, 0.6) is 0 Å². The number of carbonyl (C=O) groups is 1. The fraction of sp³-hybridized carbons (Fsp3) is 0.500. The molecule has 11 nitrogen and oxygen atoms in total. The number of fused-ring (bicyclic) bond motifs is 1. The highest BCUT2D eigenvalue weighted by Crippen LogP contribution is 2.31. The van der Waals surface area contributed by atoms with Crippen molar-refractivity contribution in [2.75, 3.05) is 11.9 Å². The van der Waals surface area contributed by atoms with E-state index in [4.69, 9.17) is 9.84 Å². The predicted octanol–water partition coefficient (Wildman–Crippen LogP) is -2.31. The summed E-state index contributed by atoms with van der Waals surface area (Å²) in [5, 5.41) is 31.4. The second-order valence-corrected chi connectivity index (χ2v) is 5.15. The summed E-state index contributed by atoms with van der Waals surface area (Å²) in [5.41, 5.74) is -0.473. The van der Waals surface area contributed by atoms with E-state index in [1.54, 1.807) is 0 Å². The van der Waals surface area contributed by atoms with E-state index >= 15 is 0 Å². The van der Waals surface area contributed by atoms with Gasteiger partial charge < -0.3 is 25.4 Å². The largest absolute Gasteiger partial charge is 0.394 e. The Bertz CT molecular complexity index is 801. The standard InChI is InChI=1S/C12H15N5O6/c1-4(19)14-9-6-10(16-12(22)15-9)17(3-13-6)11-8(21)7(20)5(2-18)23-11/h3,5,7-8,11,18,20-21H,2H2,1H3,(H2,14,15,16,19,22)/t5-,7-,8-,11-/m1/s1. The van der Waals surface area contributed by atoms with Crippen LogP contribution >= 0.6 is 0 Å². The molecule has 5 N–H and O–H groups in total. The topological polar surface area (TPSA) is 163 Å². The number of rotatable bonds is 3. The smallest absolute Gasteiger partial charge is 0.348 e. The second-order valence-electron chi connectivity index (χ2n) is 5.15. The molecule has 3 rings (SSSR count). The minimum atomic E-state index is -1.34. The molecule has 124 valence electrons. The predicted molar refractivity (Wildman–Crippen MR) is 75.5 cm³/mol. The normalized spacial score (nSPS) is 27.5. The van der Waals surface area contributed by atoms with Gasteiger partial charge in [0.05, 0.1) is 12.9 Å². The number of ether oxygens (including phenoxy) is 1. The van der Waals surface area contributed by atoms with Gasteiger partial charge in [-0.05, 0) is 0 Å². The van der Waals surface area contributed by atoms with Gasteiger partial charge in [-0.3, -0.25) is 14.3 Å². The van der Waals surface area contributed by atoms with Crippen LogP contribution in [0.25, 0.3) is 11.2 Å². The Morgan fingerprint density at radius 1 is 1.48 bits per heavy atom. The molecule has 4 atom stereocenters. The molecule has 0 unspecified atom stereocenters. The SMILES string of the molecule is CC(=O)Nc1[nH]c(=O)nc2c1ncn2[C@@H]1O[C@H](CO)[C@@H](O)[C@H]1O. The van der Waals surface area contributed by atoms with Crippen LogP contribution in [-0.2, 0) is 9.53 Å². The summed E-state index contributed by atoms with van der Waals surface area (Å²) in [6.07, 6.45) is -3.42. The van der Waals surface area contributed by atoms with E-state index in [2.05, 4.69) is 20.3 Å². The van der Waals surface area contributed by atoms with Gasteiger partial charge in [0, 0.05) is 6.92 Å². The lowest BCUT2D eigenvalue weighted by molar-refractivity contribution is -0.114. The number of carbonyl (C=O) groups excluding carboxylic acids is 1. The second kappa shape index (κ2) is 5.70. The highest BCUT2D eigenvalue weighted by molar-refractivity contribution is 5.95. The van der Waals surface area contributed by atoms with E-state index in [1.165, 1.54) is 17.8 Å². The zero-order valence-electron chi connectivity index (χ0n) is 12.0. The van der Waals surface area contributed by atoms with Gasteiger partial charge in [-0.1, -0.05) is 0 Å². The first-order valence-electron chi connectivity index (χ1n) is 6.79. The lowest BCUT2D eigenvalue weighted by Crippen LogP contribution is -2.33. The summed E-state index contributed by atoms with van der Waals surface area (Å²) in [6.45, 7) is 0.792. The average molecular weight is 325 g/mol. The van der Waals surface area contributed by atoms with Crippen LogP contribution in [0.2, 0.25) is 0 Å². The number of nitrogens with zero attached hydrogens (tertiary/aromatic N) is 3. The maximum absolute atomic E-state index is 11.7. The van der Waals surface area contributed by atoms with Gasteiger partial charge in [-0.25, -0.2) is 9.78 Å². The molecule has 11 heteroatoms. The first-order chi connectivity index (χ1) is 10.9. The first kappa shape index (κ1) is 15.6. The molecule has 0 spiro atoms. The van der Waals surface area contributed by atoms with Crippen molar-refractivity contribution in [1.82, 2.24) is 19.5 Å². The minimum Gasteiger partial charge on any atom is -0.394 e. The Balaban J connectivity index is 2.08. The van der Waals surface area contributed by atoms with Crippen molar-refractivity contribution in [1.29, 1.82) is 0 Å². The highest BCUT2D eigenvalue weighted by Gasteiger charge is 2.44. The van der Waals surface area contributed by atoms with Crippen LogP contribution in [-0.4, -0.2) is 65.7 Å². The molecular formula is C12H15N5O6. The Kier molecular flexibility index (Phi) is 3.85. The van der Waals surface area contributed by atoms with Crippen molar-refractivity contribution < 1.29 is 24.9 Å². The number of aromatic nitrogens is 4. The van der Waals surface area contributed by atoms with Crippen molar-refractivity contribution in [3.8, 4) is 0 Å². The number of imidazole rings is 1. The first-order valence-corrected chi connectivity index (χ1v) is 6.79. The third kappa shape index (κ3) is 2.59. The number of amides is 1. The molecule has 1 fully saturated rings. The van der Waals surface area contributed by atoms with E-state index < -0.39 is 42.7 Å². The summed E-state index contributed by atoms with van der Waals surface area (Å²) in [6, 6.07) is 0. The Morgan fingerprint density at radius 3 is 2.83 bits per heavy atom. The van der Waals surface area contributed by atoms with Gasteiger partial charge in [0.25, 0.3) is 0 Å². The maximum atomic E-state index is 11.7. The van der Waals surface area contributed by atoms with Gasteiger partial charge in [-0.2, -0.15) is 4.98 Å². The number of H-pyrrole nitrogens is 1. The molecule has 23 heavy (non-hydrogen) atoms. The molecule has 0 radical (unpaired) electrons. The number of aliphatic hydroxyl groups is 3. The summed E-state index contributed by atoms with van der Waals surface area (Å²) in [5.74, 6) is -0.339. The van der Waals surface area contributed by atoms with Crippen molar-refractivity contribution in [2.24, 2.45) is 0 Å². The third-order valence-electron chi connectivity index (χ3n) is 3.54. The zero-order valence-corrected chi connectivity index (χ0v) is 12.0. The average Bonchev–Trinajstić information content (AvgIpc) is 3.01. The van der Waals surface area contributed by atoms with Crippen molar-refractivity contribution >= 4 is 22.9 Å². The van der Waals surface area contributed by atoms with Crippen LogP contribution in [0, 0.1) is 0 Å². The summed E-state index contributed by atoms with van der Waals surface area (Å²) < 4.78 is 6.65. The molecular weight excluding hydrogens is 310 g/mol. The molecule has 3 heterocycles. The van der Waals surface area contributed by atoms with E-state index in [1.807, 2.05) is 0 Å². The number of hydrogen-bond donors (Lipinski definition) is 5. The number of aromatic amines is 1. The maximum Gasteiger partial charge on any atom is 0.348 e. The lowest BCUT2D eigenvalue weighted by atomic mass is 10.1. The van der Waals surface area contributed by atoms with E-state index in [9.17, 15) is 19.8 Å². The van der Waals surface area contributed by atoms with E-state index in [-0.39, 0.29) is 17.0 Å². The summed E-state index contributed by atoms with van der Waals surface area (Å²) in [7, 11) is 0. The fourth-order valence-electron chi connectivity index (χ4n) is 2.49. The van der Waals surface area contributed by atoms with Crippen molar-refractivity contribution in [2.45, 2.75) is 31.5 Å². The van der Waals surface area contributed by atoms with Crippen LogP contribution in [0.15, 0.2) is 11.1 Å². The van der Waals surface area contributed by atoms with E-state index in [0.717, 1.165) is 0 Å². The molecule has 2 aromatic rings. The van der Waals surface area contributed by atoms with Gasteiger partial charge >= 0.3 is 5.69 Å². The molecule has 2 aromatic heterocycles. The Morgan fingerprint density at radius 2 is 2.22 bits per heavy atom. The van der Waals surface area contributed by atoms with Crippen molar-refractivity contribution in [3.05, 3.63) is 16.8 Å². The number of nitrogens with one attached hydrogen (secondary N) is 2. The molecule has 1 amide bonds. The molecule has 0 saturated carbocycles. The number of aliphatic hydroxyl groups excluding tert-OH is 3. The number of hydrogen-bond acceptors (Lipinski definition) is 8. The molecule has 1 aliphatic rings. The molecule has 0 aliphatic carbocycles. The van der Waals surface area contributed by atoms with Gasteiger partial charge in [0.1, 0.15) is 29.6 Å². The van der Waals surface area contributed by atoms with Gasteiger partial charge in [0.15, 0.2) is 11.9 Å². The quantitative estimate of drug-likeness (QED) is 0.420. The fourth-order valence-corrected chi connectivity index (χ4v) is 2.49. The Labute approximate surface area is 128 Å². The van der Waals surface area contributed by atoms with Crippen LogP contribution in [0.4, 0.5) is 5.82 Å². The van der Waals surface area contributed by atoms with Crippen LogP contribution in [0.3, 0.4) is 0 Å². The molecule has 1 aliphatic heterocycles. The monoisotopic (exact) mass is 325 g/mol. The Hall–Kier alpha value is -2.34. The van der Waals surface area contributed by atoms with E-state index in [0.29, 0.717) is 0 Å². The summed E-state index contributed by atoms with van der Waals surface area (Å²) in [4.78, 5) is 33.0. The third-order valence-corrected chi connectivity index (χ3v) is 3.54. The lowest BCUT2D eigenvalue weighted by Gasteiger charge is -2.16. The molecule has 0 aromatic carbocycles. The molecule has 0 bridgehead atoms. The van der Waals surface area contributed by atoms with Gasteiger partial charge in [0.2, 0.25) is 5.91 Å². The van der Waals surface area contributed by atoms with Gasteiger partial charge in [-0.15, -0.1) is 0 Å². The van der Waals surface area contributed by atoms with Crippen LogP contribution < -0.4 is 11.0 Å². The zero-order chi connectivity index (χ0) is 16.7. The van der Waals surface area contributed by atoms with Crippen molar-refractivity contribution in [3.63, 3.8) is 0 Å². The molecule has 1 saturated heterocycles. The summed E-state index contributed by atoms with van der Waals surface area (Å²) >= 11 is 0. The van der Waals surface area contributed by atoms with Crippen LogP contribution in [0.1, 0.15) is 13.2 Å². The highest BCUT2D eigenvalue weighted by atomic mass is 16.6. The minimum absolute atomic E-state index is 0.0624. The number of anilines is 1.